The summed E-state index contributed by atoms with van der Waals surface area (Å²) in [5.74, 6) is 1.10. The van der Waals surface area contributed by atoms with Crippen LogP contribution in [0.2, 0.25) is 0 Å². The lowest BCUT2D eigenvalue weighted by Crippen LogP contribution is -2.41. The highest BCUT2D eigenvalue weighted by atomic mass is 16.4. The fraction of sp³-hybridized carbons (Fsp3) is 0.500. The Hall–Kier alpha value is -2.47. The molecule has 1 N–H and O–H groups in total. The molecule has 2 atom stereocenters. The summed E-state index contributed by atoms with van der Waals surface area (Å²) in [7, 11) is 0. The van der Waals surface area contributed by atoms with Crippen molar-refractivity contribution in [3.8, 4) is 0 Å². The van der Waals surface area contributed by atoms with E-state index >= 15 is 0 Å². The number of carbonyl (C=O) groups is 1. The molecule has 0 radical (unpaired) electrons. The van der Waals surface area contributed by atoms with Crippen molar-refractivity contribution in [2.45, 2.75) is 33.2 Å². The second-order valence-corrected chi connectivity index (χ2v) is 8.21. The lowest BCUT2D eigenvalue weighted by Gasteiger charge is -2.27. The molecule has 0 amide bonds. The largest absolute Gasteiger partial charge is 0.481 e. The highest BCUT2D eigenvalue weighted by Gasteiger charge is 2.57. The predicted molar refractivity (Wildman–Crippen MR) is 108 cm³/mol. The highest BCUT2D eigenvalue weighted by Crippen LogP contribution is 2.45. The molecular weight excluding hydrogens is 352 g/mol. The lowest BCUT2D eigenvalue weighted by atomic mass is 9.81. The Bertz CT molecular complexity index is 857. The Morgan fingerprint density at radius 3 is 2.71 bits per heavy atom. The summed E-state index contributed by atoms with van der Waals surface area (Å²) in [6.45, 7) is 7.50. The fourth-order valence-electron chi connectivity index (χ4n) is 4.80. The van der Waals surface area contributed by atoms with Gasteiger partial charge in [-0.05, 0) is 18.9 Å². The molecule has 4 rings (SSSR count). The van der Waals surface area contributed by atoms with Gasteiger partial charge >= 0.3 is 5.97 Å². The van der Waals surface area contributed by atoms with Crippen molar-refractivity contribution in [2.24, 2.45) is 11.3 Å². The maximum absolute atomic E-state index is 12.4. The molecule has 2 aromatic rings. The molecular formula is C22H28N4O2. The minimum absolute atomic E-state index is 0.110. The van der Waals surface area contributed by atoms with E-state index in [1.807, 2.05) is 31.3 Å². The van der Waals surface area contributed by atoms with Gasteiger partial charge in [-0.25, -0.2) is 9.97 Å². The highest BCUT2D eigenvalue weighted by molar-refractivity contribution is 5.78. The summed E-state index contributed by atoms with van der Waals surface area (Å²) in [6.07, 6.45) is 3.84. The zero-order valence-corrected chi connectivity index (χ0v) is 16.6. The second-order valence-electron chi connectivity index (χ2n) is 8.21. The van der Waals surface area contributed by atoms with Crippen LogP contribution in [0.1, 0.15) is 30.3 Å². The third-order valence-corrected chi connectivity index (χ3v) is 6.14. The summed E-state index contributed by atoms with van der Waals surface area (Å²) >= 11 is 0. The van der Waals surface area contributed by atoms with Gasteiger partial charge in [0.2, 0.25) is 0 Å². The number of aliphatic carboxylic acids is 1. The van der Waals surface area contributed by atoms with Gasteiger partial charge in [-0.1, -0.05) is 43.7 Å². The number of benzene rings is 1. The van der Waals surface area contributed by atoms with Crippen LogP contribution in [-0.4, -0.2) is 52.1 Å². The first-order valence-corrected chi connectivity index (χ1v) is 10.1. The quantitative estimate of drug-likeness (QED) is 0.831. The van der Waals surface area contributed by atoms with Crippen LogP contribution in [0.15, 0.2) is 36.5 Å². The summed E-state index contributed by atoms with van der Waals surface area (Å²) in [5.41, 5.74) is 1.63. The molecule has 0 spiro atoms. The number of anilines is 1. The molecule has 3 heterocycles. The van der Waals surface area contributed by atoms with Crippen LogP contribution in [0.5, 0.6) is 0 Å². The first-order valence-electron chi connectivity index (χ1n) is 10.1. The summed E-state index contributed by atoms with van der Waals surface area (Å²) in [5, 5.41) is 10.2. The summed E-state index contributed by atoms with van der Waals surface area (Å²) in [4.78, 5) is 25.9. The molecule has 2 aliphatic rings. The van der Waals surface area contributed by atoms with E-state index in [0.717, 1.165) is 49.7 Å². The molecule has 2 aliphatic heterocycles. The molecule has 0 bridgehead atoms. The minimum atomic E-state index is -0.725. The zero-order chi connectivity index (χ0) is 19.7. The SMILES string of the molecule is CCCc1cnc(C)nc1N1C[C@H]2CN(Cc3ccccc3)C[C@@]2(C(=O)O)C1. The van der Waals surface area contributed by atoms with Crippen molar-refractivity contribution < 1.29 is 9.90 Å². The summed E-state index contributed by atoms with van der Waals surface area (Å²) in [6, 6.07) is 10.3. The maximum atomic E-state index is 12.4. The number of fused-ring (bicyclic) bond motifs is 1. The molecule has 1 aromatic carbocycles. The van der Waals surface area contributed by atoms with E-state index in [0.29, 0.717) is 13.1 Å². The first kappa shape index (κ1) is 18.9. The monoisotopic (exact) mass is 380 g/mol. The minimum Gasteiger partial charge on any atom is -0.481 e. The van der Waals surface area contributed by atoms with Crippen molar-refractivity contribution in [1.29, 1.82) is 0 Å². The van der Waals surface area contributed by atoms with Crippen LogP contribution >= 0.6 is 0 Å². The second kappa shape index (κ2) is 7.51. The van der Waals surface area contributed by atoms with Gasteiger partial charge in [0.05, 0.1) is 0 Å². The van der Waals surface area contributed by atoms with E-state index < -0.39 is 11.4 Å². The molecule has 6 heteroatoms. The molecule has 148 valence electrons. The number of carboxylic acid groups (broad SMARTS) is 1. The van der Waals surface area contributed by atoms with Crippen molar-refractivity contribution in [3.05, 3.63) is 53.5 Å². The Morgan fingerprint density at radius 2 is 2.04 bits per heavy atom. The molecule has 6 nitrogen and oxygen atoms in total. The van der Waals surface area contributed by atoms with E-state index in [9.17, 15) is 9.90 Å². The van der Waals surface area contributed by atoms with E-state index in [1.165, 1.54) is 5.56 Å². The van der Waals surface area contributed by atoms with Crippen LogP contribution in [0.4, 0.5) is 5.82 Å². The van der Waals surface area contributed by atoms with Crippen LogP contribution in [0.25, 0.3) is 0 Å². The van der Waals surface area contributed by atoms with Crippen molar-refractivity contribution in [1.82, 2.24) is 14.9 Å². The van der Waals surface area contributed by atoms with Crippen LogP contribution in [-0.2, 0) is 17.8 Å². The van der Waals surface area contributed by atoms with Gasteiger partial charge in [0.15, 0.2) is 0 Å². The van der Waals surface area contributed by atoms with Gasteiger partial charge in [0, 0.05) is 50.4 Å². The molecule has 0 unspecified atom stereocenters. The maximum Gasteiger partial charge on any atom is 0.313 e. The third kappa shape index (κ3) is 3.37. The number of likely N-dealkylation sites (tertiary alicyclic amines) is 1. The number of hydrogen-bond acceptors (Lipinski definition) is 5. The number of aromatic nitrogens is 2. The Balaban J connectivity index is 1.56. The fourth-order valence-corrected chi connectivity index (χ4v) is 4.80. The van der Waals surface area contributed by atoms with Gasteiger partial charge in [-0.15, -0.1) is 0 Å². The standard InChI is InChI=1S/C22H28N4O2/c1-3-7-18-10-23-16(2)24-20(18)26-13-19-12-25(11-17-8-5-4-6-9-17)14-22(19,15-26)21(27)28/h4-6,8-10,19H,3,7,11-15H2,1-2H3,(H,27,28)/t19-,22-/m1/s1. The number of carboxylic acids is 1. The van der Waals surface area contributed by atoms with Crippen molar-refractivity contribution in [3.63, 3.8) is 0 Å². The molecule has 2 fully saturated rings. The number of aryl methyl sites for hydroxylation is 2. The van der Waals surface area contributed by atoms with E-state index in [4.69, 9.17) is 0 Å². The number of rotatable bonds is 6. The first-order chi connectivity index (χ1) is 13.5. The van der Waals surface area contributed by atoms with Gasteiger partial charge in [-0.2, -0.15) is 0 Å². The lowest BCUT2D eigenvalue weighted by molar-refractivity contribution is -0.148. The Morgan fingerprint density at radius 1 is 1.25 bits per heavy atom. The van der Waals surface area contributed by atoms with Gasteiger partial charge in [-0.3, -0.25) is 9.69 Å². The van der Waals surface area contributed by atoms with Crippen molar-refractivity contribution in [2.75, 3.05) is 31.1 Å². The van der Waals surface area contributed by atoms with Gasteiger partial charge in [0.1, 0.15) is 17.1 Å². The predicted octanol–water partition coefficient (Wildman–Crippen LogP) is 2.76. The van der Waals surface area contributed by atoms with Crippen LogP contribution in [0, 0.1) is 18.3 Å². The van der Waals surface area contributed by atoms with E-state index in [1.54, 1.807) is 0 Å². The Labute approximate surface area is 166 Å². The average molecular weight is 380 g/mol. The number of nitrogens with zero attached hydrogens (tertiary/aromatic N) is 4. The van der Waals surface area contributed by atoms with Crippen molar-refractivity contribution >= 4 is 11.8 Å². The molecule has 0 saturated carbocycles. The van der Waals surface area contributed by atoms with Gasteiger partial charge < -0.3 is 10.0 Å². The van der Waals surface area contributed by atoms with E-state index in [-0.39, 0.29) is 5.92 Å². The van der Waals surface area contributed by atoms with E-state index in [2.05, 4.69) is 38.8 Å². The number of hydrogen-bond donors (Lipinski definition) is 1. The topological polar surface area (TPSA) is 69.6 Å². The van der Waals surface area contributed by atoms with Crippen LogP contribution in [0.3, 0.4) is 0 Å². The summed E-state index contributed by atoms with van der Waals surface area (Å²) < 4.78 is 0. The molecule has 2 saturated heterocycles. The molecule has 1 aromatic heterocycles. The normalized spacial score (nSPS) is 24.5. The smallest absolute Gasteiger partial charge is 0.313 e. The third-order valence-electron chi connectivity index (χ3n) is 6.14. The van der Waals surface area contributed by atoms with Crippen LogP contribution < -0.4 is 4.90 Å². The molecule has 28 heavy (non-hydrogen) atoms. The zero-order valence-electron chi connectivity index (χ0n) is 16.6. The molecule has 0 aliphatic carbocycles. The van der Waals surface area contributed by atoms with Gasteiger partial charge in [0.25, 0.3) is 0 Å². The average Bonchev–Trinajstić information content (AvgIpc) is 3.19. The Kier molecular flexibility index (Phi) is 5.06.